The van der Waals surface area contributed by atoms with E-state index in [1.165, 1.54) is 20.8 Å². The van der Waals surface area contributed by atoms with Gasteiger partial charge in [0.2, 0.25) is 11.8 Å². The van der Waals surface area contributed by atoms with Crippen LogP contribution >= 0.6 is 0 Å². The fourth-order valence-corrected chi connectivity index (χ4v) is 6.28. The molecule has 0 unspecified atom stereocenters. The van der Waals surface area contributed by atoms with E-state index in [4.69, 9.17) is 33.2 Å². The smallest absolute Gasteiger partial charge is 0.217 e. The van der Waals surface area contributed by atoms with Gasteiger partial charge in [0.05, 0.1) is 31.5 Å². The molecule has 2 amide bonds. The predicted molar refractivity (Wildman–Crippen MR) is 154 cm³/mol. The van der Waals surface area contributed by atoms with Crippen LogP contribution in [0.25, 0.3) is 0 Å². The number of aliphatic hydroxyl groups is 10. The highest BCUT2D eigenvalue weighted by molar-refractivity contribution is 5.73. The van der Waals surface area contributed by atoms with Crippen LogP contribution in [0, 0.1) is 0 Å². The molecule has 0 aromatic carbocycles. The summed E-state index contributed by atoms with van der Waals surface area (Å²) in [5.74, 6) is -1.14. The van der Waals surface area contributed by atoms with Gasteiger partial charge in [-0.15, -0.1) is 0 Å². The van der Waals surface area contributed by atoms with E-state index in [1.807, 2.05) is 0 Å². The van der Waals surface area contributed by atoms with Gasteiger partial charge in [0, 0.05) is 13.8 Å². The van der Waals surface area contributed by atoms with Crippen molar-refractivity contribution < 1.29 is 93.8 Å². The first-order valence-electron chi connectivity index (χ1n) is 15.8. The van der Waals surface area contributed by atoms with Crippen molar-refractivity contribution in [3.63, 3.8) is 0 Å². The maximum atomic E-state index is 11.8. The van der Waals surface area contributed by atoms with E-state index < -0.39 is 148 Å². The molecule has 0 aromatic rings. The number of rotatable bonds is 10. The Morgan fingerprint density at radius 3 is 1.61 bits per heavy atom. The number of nitrogens with one attached hydrogen (secondary N) is 2. The summed E-state index contributed by atoms with van der Waals surface area (Å²) >= 11 is 0. The van der Waals surface area contributed by atoms with Crippen LogP contribution in [0.2, 0.25) is 0 Å². The summed E-state index contributed by atoms with van der Waals surface area (Å²) in [5, 5.41) is 111. The molecule has 4 aliphatic rings. The highest BCUT2D eigenvalue weighted by Crippen LogP contribution is 2.34. The second kappa shape index (κ2) is 16.7. The largest absolute Gasteiger partial charge is 0.394 e. The van der Waals surface area contributed by atoms with Crippen molar-refractivity contribution in [3.8, 4) is 0 Å². The third kappa shape index (κ3) is 8.67. The Balaban J connectivity index is 1.47. The van der Waals surface area contributed by atoms with Gasteiger partial charge in [-0.05, 0) is 13.8 Å². The SMILES string of the molecule is CC(=O)N[C@@H]1[C@@H](O[C@@H]2O[C@H](CO)[C@@H](O[C@@H]3O[C@@H](C)[C@@H](O)[C@@H](O[C@H]4O[C@H](C)[C@@H](NC(C)=O)[C@H](O)[C@@H]4O)[C@@H]3O)[C@H](O)[C@H]2O)[C@@H](O)[C@@H](CO)O[C@@H]1O. The van der Waals surface area contributed by atoms with E-state index in [1.54, 1.807) is 0 Å². The van der Waals surface area contributed by atoms with Gasteiger partial charge in [-0.3, -0.25) is 9.59 Å². The summed E-state index contributed by atoms with van der Waals surface area (Å²) < 4.78 is 39.2. The zero-order chi connectivity index (χ0) is 36.5. The van der Waals surface area contributed by atoms with E-state index in [9.17, 15) is 60.7 Å². The topological polar surface area (TPSA) is 325 Å². The van der Waals surface area contributed by atoms with Crippen molar-refractivity contribution in [2.24, 2.45) is 0 Å². The number of ether oxygens (including phenoxy) is 7. The molecule has 21 heteroatoms. The molecule has 12 N–H and O–H groups in total. The Morgan fingerprint density at radius 1 is 0.531 bits per heavy atom. The van der Waals surface area contributed by atoms with Crippen molar-refractivity contribution >= 4 is 11.8 Å². The van der Waals surface area contributed by atoms with Crippen molar-refractivity contribution in [1.29, 1.82) is 0 Å². The standard InChI is InChI=1S/C28H48N2O19/c1-7-13(29-9(3)33)17(37)19(39)26(43-7)49-24-15(35)8(2)44-28(21(24)41)47-22-12(6-32)46-27(20(40)18(22)38)48-23-14(30-10(4)34)25(42)45-11(5-31)16(23)36/h7-8,11-28,31-32,35-42H,5-6H2,1-4H3,(H,29,33)(H,30,34)/t7-,8+,11-,12-,13-,14-,15-,16+,17+,18-,19+,20-,21+,22-,23-,24-,25+,26-,27+,28+/m1/s1. The van der Waals surface area contributed by atoms with Crippen LogP contribution in [0.15, 0.2) is 0 Å². The lowest BCUT2D eigenvalue weighted by Crippen LogP contribution is -2.68. The van der Waals surface area contributed by atoms with Crippen LogP contribution in [0.5, 0.6) is 0 Å². The average molecular weight is 717 g/mol. The number of amides is 2. The Kier molecular flexibility index (Phi) is 13.7. The molecule has 0 spiro atoms. The van der Waals surface area contributed by atoms with Crippen LogP contribution in [-0.4, -0.2) is 199 Å². The van der Waals surface area contributed by atoms with E-state index in [0.717, 1.165) is 6.92 Å². The molecule has 0 saturated carbocycles. The van der Waals surface area contributed by atoms with Crippen LogP contribution in [0.1, 0.15) is 27.7 Å². The molecule has 4 fully saturated rings. The number of carbonyl (C=O) groups is 2. The van der Waals surface area contributed by atoms with Crippen LogP contribution < -0.4 is 10.6 Å². The molecule has 284 valence electrons. The Labute approximate surface area is 280 Å². The number of carbonyl (C=O) groups excluding carboxylic acids is 2. The quantitative estimate of drug-likeness (QED) is 0.0999. The first-order valence-corrected chi connectivity index (χ1v) is 15.8. The molecule has 4 heterocycles. The molecule has 20 atom stereocenters. The van der Waals surface area contributed by atoms with Gasteiger partial charge >= 0.3 is 0 Å². The Morgan fingerprint density at radius 2 is 1.02 bits per heavy atom. The molecule has 0 aliphatic carbocycles. The third-order valence-corrected chi connectivity index (χ3v) is 8.94. The van der Waals surface area contributed by atoms with Crippen LogP contribution in [-0.2, 0) is 42.7 Å². The van der Waals surface area contributed by atoms with Gasteiger partial charge in [0.1, 0.15) is 79.3 Å². The van der Waals surface area contributed by atoms with Gasteiger partial charge in [-0.25, -0.2) is 0 Å². The highest BCUT2D eigenvalue weighted by atomic mass is 16.8. The number of hydrogen-bond donors (Lipinski definition) is 12. The maximum Gasteiger partial charge on any atom is 0.217 e. The minimum atomic E-state index is -1.98. The van der Waals surface area contributed by atoms with Gasteiger partial charge < -0.3 is 94.9 Å². The maximum absolute atomic E-state index is 11.8. The molecule has 4 saturated heterocycles. The van der Waals surface area contributed by atoms with E-state index >= 15 is 0 Å². The van der Waals surface area contributed by atoms with E-state index in [0.29, 0.717) is 0 Å². The average Bonchev–Trinajstić information content (AvgIpc) is 3.04. The van der Waals surface area contributed by atoms with Crippen molar-refractivity contribution in [3.05, 3.63) is 0 Å². The molecule has 0 bridgehead atoms. The lowest BCUT2D eigenvalue weighted by molar-refractivity contribution is -0.381. The Hall–Kier alpha value is -1.74. The monoisotopic (exact) mass is 716 g/mol. The van der Waals surface area contributed by atoms with Crippen molar-refractivity contribution in [2.45, 2.75) is 150 Å². The molecule has 0 radical (unpaired) electrons. The highest BCUT2D eigenvalue weighted by Gasteiger charge is 2.55. The second-order valence-electron chi connectivity index (χ2n) is 12.6. The predicted octanol–water partition coefficient (Wildman–Crippen LogP) is -7.41. The molecule has 49 heavy (non-hydrogen) atoms. The summed E-state index contributed by atoms with van der Waals surface area (Å²) in [4.78, 5) is 23.3. The van der Waals surface area contributed by atoms with E-state index in [-0.39, 0.29) is 0 Å². The molecular formula is C28H48N2O19. The normalized spacial score (nSPS) is 49.3. The second-order valence-corrected chi connectivity index (χ2v) is 12.6. The number of aliphatic hydroxyl groups excluding tert-OH is 10. The van der Waals surface area contributed by atoms with Crippen LogP contribution in [0.4, 0.5) is 0 Å². The lowest BCUT2D eigenvalue weighted by Gasteiger charge is -2.49. The molecule has 0 aromatic heterocycles. The Bertz CT molecular complexity index is 1110. The summed E-state index contributed by atoms with van der Waals surface area (Å²) in [6.07, 6.45) is -28.9. The minimum absolute atomic E-state index is 0.488. The summed E-state index contributed by atoms with van der Waals surface area (Å²) in [6, 6.07) is -2.42. The third-order valence-electron chi connectivity index (χ3n) is 8.94. The zero-order valence-electron chi connectivity index (χ0n) is 27.1. The summed E-state index contributed by atoms with van der Waals surface area (Å²) in [6.45, 7) is 3.58. The first-order chi connectivity index (χ1) is 23.0. The van der Waals surface area contributed by atoms with Crippen molar-refractivity contribution in [2.75, 3.05) is 13.2 Å². The molecular weight excluding hydrogens is 668 g/mol. The van der Waals surface area contributed by atoms with Crippen molar-refractivity contribution in [1.82, 2.24) is 10.6 Å². The fraction of sp³-hybridized carbons (Fsp3) is 0.929. The van der Waals surface area contributed by atoms with Crippen LogP contribution in [0.3, 0.4) is 0 Å². The fourth-order valence-electron chi connectivity index (χ4n) is 6.28. The van der Waals surface area contributed by atoms with Gasteiger partial charge in [0.25, 0.3) is 0 Å². The summed E-state index contributed by atoms with van der Waals surface area (Å²) in [7, 11) is 0. The summed E-state index contributed by atoms with van der Waals surface area (Å²) in [5.41, 5.74) is 0. The lowest BCUT2D eigenvalue weighted by atomic mass is 9.95. The zero-order valence-corrected chi connectivity index (χ0v) is 27.1. The van der Waals surface area contributed by atoms with Gasteiger partial charge in [0.15, 0.2) is 25.2 Å². The minimum Gasteiger partial charge on any atom is -0.394 e. The first kappa shape index (κ1) is 40.0. The molecule has 4 aliphatic heterocycles. The van der Waals surface area contributed by atoms with Gasteiger partial charge in [-0.2, -0.15) is 0 Å². The van der Waals surface area contributed by atoms with Gasteiger partial charge in [-0.1, -0.05) is 0 Å². The molecule has 21 nitrogen and oxygen atoms in total. The van der Waals surface area contributed by atoms with E-state index in [2.05, 4.69) is 10.6 Å². The molecule has 4 rings (SSSR count). The number of hydrogen-bond acceptors (Lipinski definition) is 19.